The highest BCUT2D eigenvalue weighted by Crippen LogP contribution is 2.24. The van der Waals surface area contributed by atoms with Crippen molar-refractivity contribution in [3.8, 4) is 0 Å². The third-order valence-electron chi connectivity index (χ3n) is 4.39. The molecule has 1 fully saturated rings. The first-order chi connectivity index (χ1) is 10.3. The molecule has 112 valence electrons. The van der Waals surface area contributed by atoms with E-state index in [9.17, 15) is 0 Å². The standard InChI is InChI=1S/C17H24N4/c1-3-14-4-6-15(7-5-14)16-12-18-8-11-21(16)13-17-19-9-10-20(17)2/h4-7,9-10,16,18H,3,8,11-13H2,1-2H3. The molecule has 1 aliphatic heterocycles. The van der Waals surface area contributed by atoms with Gasteiger partial charge in [0.15, 0.2) is 0 Å². The van der Waals surface area contributed by atoms with Gasteiger partial charge in [-0.15, -0.1) is 0 Å². The third-order valence-corrected chi connectivity index (χ3v) is 4.39. The van der Waals surface area contributed by atoms with Crippen molar-refractivity contribution in [2.24, 2.45) is 7.05 Å². The van der Waals surface area contributed by atoms with Gasteiger partial charge in [0, 0.05) is 45.1 Å². The summed E-state index contributed by atoms with van der Waals surface area (Å²) in [4.78, 5) is 6.99. The van der Waals surface area contributed by atoms with Crippen LogP contribution in [0.3, 0.4) is 0 Å². The zero-order chi connectivity index (χ0) is 14.7. The number of hydrogen-bond acceptors (Lipinski definition) is 3. The largest absolute Gasteiger partial charge is 0.337 e. The van der Waals surface area contributed by atoms with E-state index in [1.165, 1.54) is 11.1 Å². The zero-order valence-corrected chi connectivity index (χ0v) is 12.9. The number of rotatable bonds is 4. The molecule has 4 nitrogen and oxygen atoms in total. The van der Waals surface area contributed by atoms with Crippen LogP contribution in [0, 0.1) is 0 Å². The molecule has 4 heteroatoms. The van der Waals surface area contributed by atoms with Gasteiger partial charge in [0.2, 0.25) is 0 Å². The molecule has 0 aliphatic carbocycles. The maximum absolute atomic E-state index is 4.47. The molecule has 0 saturated carbocycles. The Morgan fingerprint density at radius 3 is 2.76 bits per heavy atom. The van der Waals surface area contributed by atoms with Crippen LogP contribution >= 0.6 is 0 Å². The van der Waals surface area contributed by atoms with Gasteiger partial charge in [-0.1, -0.05) is 31.2 Å². The molecule has 0 radical (unpaired) electrons. The molecule has 1 aromatic carbocycles. The summed E-state index contributed by atoms with van der Waals surface area (Å²) >= 11 is 0. The molecule has 1 aliphatic rings. The molecule has 0 spiro atoms. The number of benzene rings is 1. The molecule has 1 saturated heterocycles. The highest BCUT2D eigenvalue weighted by molar-refractivity contribution is 5.26. The Hall–Kier alpha value is -1.65. The number of aryl methyl sites for hydroxylation is 2. The van der Waals surface area contributed by atoms with Crippen LogP contribution < -0.4 is 5.32 Å². The third kappa shape index (κ3) is 3.17. The van der Waals surface area contributed by atoms with E-state index in [-0.39, 0.29) is 0 Å². The van der Waals surface area contributed by atoms with Gasteiger partial charge in [0.1, 0.15) is 5.82 Å². The second kappa shape index (κ2) is 6.41. The van der Waals surface area contributed by atoms with Crippen LogP contribution in [-0.4, -0.2) is 34.1 Å². The summed E-state index contributed by atoms with van der Waals surface area (Å²) in [6.45, 7) is 6.23. The van der Waals surface area contributed by atoms with Crippen LogP contribution in [0.4, 0.5) is 0 Å². The van der Waals surface area contributed by atoms with Crippen molar-refractivity contribution in [1.29, 1.82) is 0 Å². The Balaban J connectivity index is 1.78. The lowest BCUT2D eigenvalue weighted by Gasteiger charge is -2.36. The number of nitrogens with zero attached hydrogens (tertiary/aromatic N) is 3. The molecule has 1 N–H and O–H groups in total. The first-order valence-corrected chi connectivity index (χ1v) is 7.77. The first-order valence-electron chi connectivity index (χ1n) is 7.77. The molecular formula is C17H24N4. The van der Waals surface area contributed by atoms with E-state index in [2.05, 4.69) is 58.0 Å². The maximum Gasteiger partial charge on any atom is 0.122 e. The fraction of sp³-hybridized carbons (Fsp3) is 0.471. The molecule has 0 amide bonds. The van der Waals surface area contributed by atoms with Gasteiger partial charge >= 0.3 is 0 Å². The Labute approximate surface area is 126 Å². The molecule has 3 rings (SSSR count). The fourth-order valence-corrected chi connectivity index (χ4v) is 2.97. The quantitative estimate of drug-likeness (QED) is 0.933. The summed E-state index contributed by atoms with van der Waals surface area (Å²) in [7, 11) is 2.07. The predicted octanol–water partition coefficient (Wildman–Crippen LogP) is 2.13. The van der Waals surface area contributed by atoms with E-state index >= 15 is 0 Å². The topological polar surface area (TPSA) is 33.1 Å². The Morgan fingerprint density at radius 1 is 1.29 bits per heavy atom. The summed E-state index contributed by atoms with van der Waals surface area (Å²) in [5.41, 5.74) is 2.80. The minimum atomic E-state index is 0.432. The smallest absolute Gasteiger partial charge is 0.122 e. The lowest BCUT2D eigenvalue weighted by Crippen LogP contribution is -2.45. The van der Waals surface area contributed by atoms with Gasteiger partial charge < -0.3 is 9.88 Å². The van der Waals surface area contributed by atoms with Crippen molar-refractivity contribution in [2.75, 3.05) is 19.6 Å². The SMILES string of the molecule is CCc1ccc(C2CNCCN2Cc2nccn2C)cc1. The second-order valence-corrected chi connectivity index (χ2v) is 5.74. The first kappa shape index (κ1) is 14.3. The van der Waals surface area contributed by atoms with Crippen LogP contribution in [0.1, 0.15) is 29.9 Å². The summed E-state index contributed by atoms with van der Waals surface area (Å²) in [5.74, 6) is 1.13. The van der Waals surface area contributed by atoms with E-state index in [4.69, 9.17) is 0 Å². The summed E-state index contributed by atoms with van der Waals surface area (Å²) in [5, 5.41) is 3.52. The number of piperazine rings is 1. The molecule has 1 atom stereocenters. The fourth-order valence-electron chi connectivity index (χ4n) is 2.97. The number of aromatic nitrogens is 2. The number of nitrogens with one attached hydrogen (secondary N) is 1. The Bertz CT molecular complexity index is 573. The van der Waals surface area contributed by atoms with Crippen molar-refractivity contribution < 1.29 is 0 Å². The Morgan fingerprint density at radius 2 is 2.10 bits per heavy atom. The van der Waals surface area contributed by atoms with Crippen LogP contribution in [-0.2, 0) is 20.0 Å². The van der Waals surface area contributed by atoms with Crippen LogP contribution in [0.5, 0.6) is 0 Å². The zero-order valence-electron chi connectivity index (χ0n) is 12.9. The van der Waals surface area contributed by atoms with E-state index < -0.39 is 0 Å². The van der Waals surface area contributed by atoms with Gasteiger partial charge in [0.05, 0.1) is 6.54 Å². The minimum absolute atomic E-state index is 0.432. The molecule has 0 bridgehead atoms. The van der Waals surface area contributed by atoms with Crippen LogP contribution in [0.15, 0.2) is 36.7 Å². The average Bonchev–Trinajstić information content (AvgIpc) is 2.93. The molecule has 1 aromatic heterocycles. The van der Waals surface area contributed by atoms with E-state index in [0.29, 0.717) is 6.04 Å². The van der Waals surface area contributed by atoms with Crippen molar-refractivity contribution in [2.45, 2.75) is 25.9 Å². The molecule has 2 aromatic rings. The van der Waals surface area contributed by atoms with Crippen molar-refractivity contribution in [1.82, 2.24) is 19.8 Å². The minimum Gasteiger partial charge on any atom is -0.337 e. The molecule has 1 unspecified atom stereocenters. The van der Waals surface area contributed by atoms with Gasteiger partial charge in [-0.25, -0.2) is 4.98 Å². The molecular weight excluding hydrogens is 260 g/mol. The van der Waals surface area contributed by atoms with Gasteiger partial charge in [-0.3, -0.25) is 4.90 Å². The van der Waals surface area contributed by atoms with E-state index in [1.54, 1.807) is 0 Å². The highest BCUT2D eigenvalue weighted by atomic mass is 15.2. The van der Waals surface area contributed by atoms with E-state index in [1.807, 2.05) is 12.4 Å². The highest BCUT2D eigenvalue weighted by Gasteiger charge is 2.24. The summed E-state index contributed by atoms with van der Waals surface area (Å²) < 4.78 is 2.11. The van der Waals surface area contributed by atoms with Crippen LogP contribution in [0.25, 0.3) is 0 Å². The van der Waals surface area contributed by atoms with E-state index in [0.717, 1.165) is 38.4 Å². The average molecular weight is 284 g/mol. The maximum atomic E-state index is 4.47. The monoisotopic (exact) mass is 284 g/mol. The van der Waals surface area contributed by atoms with Crippen molar-refractivity contribution in [3.63, 3.8) is 0 Å². The molecule has 21 heavy (non-hydrogen) atoms. The number of hydrogen-bond donors (Lipinski definition) is 1. The number of imidazole rings is 1. The normalized spacial score (nSPS) is 19.8. The molecule has 2 heterocycles. The lowest BCUT2D eigenvalue weighted by molar-refractivity contribution is 0.148. The predicted molar refractivity (Wildman–Crippen MR) is 85.0 cm³/mol. The van der Waals surface area contributed by atoms with Gasteiger partial charge in [-0.2, -0.15) is 0 Å². The van der Waals surface area contributed by atoms with Crippen molar-refractivity contribution in [3.05, 3.63) is 53.6 Å². The second-order valence-electron chi connectivity index (χ2n) is 5.74. The Kier molecular flexibility index (Phi) is 4.36. The van der Waals surface area contributed by atoms with Crippen LogP contribution in [0.2, 0.25) is 0 Å². The summed E-state index contributed by atoms with van der Waals surface area (Å²) in [6, 6.07) is 9.50. The van der Waals surface area contributed by atoms with Crippen molar-refractivity contribution >= 4 is 0 Å². The van der Waals surface area contributed by atoms with Gasteiger partial charge in [-0.05, 0) is 17.5 Å². The summed E-state index contributed by atoms with van der Waals surface area (Å²) in [6.07, 6.45) is 4.99. The van der Waals surface area contributed by atoms with Gasteiger partial charge in [0.25, 0.3) is 0 Å². The lowest BCUT2D eigenvalue weighted by atomic mass is 10.0.